The number of aromatic nitrogens is 5. The van der Waals surface area contributed by atoms with Crippen LogP contribution < -0.4 is 10.5 Å². The van der Waals surface area contributed by atoms with E-state index in [9.17, 15) is 13.2 Å². The van der Waals surface area contributed by atoms with Crippen molar-refractivity contribution in [2.75, 3.05) is 6.61 Å². The van der Waals surface area contributed by atoms with Crippen LogP contribution in [0.3, 0.4) is 0 Å². The molecule has 11 heteroatoms. The highest BCUT2D eigenvalue weighted by Gasteiger charge is 2.28. The van der Waals surface area contributed by atoms with Crippen LogP contribution in [0.15, 0.2) is 17.1 Å². The molecule has 114 valence electrons. The van der Waals surface area contributed by atoms with Gasteiger partial charge >= 0.3 is 6.18 Å². The first-order valence-electron chi connectivity index (χ1n) is 5.66. The predicted octanol–water partition coefficient (Wildman–Crippen LogP) is 1.78. The van der Waals surface area contributed by atoms with Gasteiger partial charge in [-0.3, -0.25) is 0 Å². The average molecular weight is 367 g/mol. The third-order valence-electron chi connectivity index (χ3n) is 2.22. The maximum absolute atomic E-state index is 12.0. The fourth-order valence-electron chi connectivity index (χ4n) is 1.40. The topological polar surface area (TPSA) is 91.7 Å². The van der Waals surface area contributed by atoms with Crippen molar-refractivity contribution in [2.24, 2.45) is 5.73 Å². The van der Waals surface area contributed by atoms with Crippen molar-refractivity contribution in [2.45, 2.75) is 19.1 Å². The molecule has 1 unspecified atom stereocenters. The summed E-state index contributed by atoms with van der Waals surface area (Å²) in [7, 11) is 0. The van der Waals surface area contributed by atoms with Gasteiger partial charge in [-0.2, -0.15) is 17.9 Å². The standard InChI is InChI=1S/C10H10BrF3N6O/c1-5(15)7-18-8(11)19-20(7)9-16-2-6(3-17-9)21-4-10(12,13)14/h2-3,5H,4,15H2,1H3. The summed E-state index contributed by atoms with van der Waals surface area (Å²) in [5, 5.41) is 4.01. The second-order valence-corrected chi connectivity index (χ2v) is 4.77. The smallest absolute Gasteiger partial charge is 0.422 e. The van der Waals surface area contributed by atoms with E-state index in [2.05, 4.69) is 40.7 Å². The molecular weight excluding hydrogens is 357 g/mol. The van der Waals surface area contributed by atoms with E-state index in [4.69, 9.17) is 5.73 Å². The molecule has 7 nitrogen and oxygen atoms in total. The van der Waals surface area contributed by atoms with E-state index in [1.54, 1.807) is 6.92 Å². The fraction of sp³-hybridized carbons (Fsp3) is 0.400. The van der Waals surface area contributed by atoms with E-state index in [0.29, 0.717) is 10.6 Å². The normalized spacial score (nSPS) is 13.2. The highest BCUT2D eigenvalue weighted by atomic mass is 79.9. The lowest BCUT2D eigenvalue weighted by molar-refractivity contribution is -0.153. The zero-order valence-electron chi connectivity index (χ0n) is 10.7. The molecule has 0 aliphatic carbocycles. The Hall–Kier alpha value is -1.75. The molecule has 2 aromatic heterocycles. The van der Waals surface area contributed by atoms with Crippen LogP contribution >= 0.6 is 15.9 Å². The molecule has 0 aromatic carbocycles. The largest absolute Gasteiger partial charge is 0.481 e. The molecule has 0 aliphatic rings. The number of alkyl halides is 3. The second-order valence-electron chi connectivity index (χ2n) is 4.06. The minimum atomic E-state index is -4.42. The van der Waals surface area contributed by atoms with Gasteiger partial charge < -0.3 is 10.5 Å². The van der Waals surface area contributed by atoms with Crippen molar-refractivity contribution in [1.29, 1.82) is 0 Å². The van der Waals surface area contributed by atoms with Crippen LogP contribution in [-0.2, 0) is 0 Å². The molecule has 2 aromatic rings. The molecule has 2 heterocycles. The maximum atomic E-state index is 12.0. The van der Waals surface area contributed by atoms with Crippen LogP contribution in [0.25, 0.3) is 5.95 Å². The number of halogens is 4. The molecule has 0 fully saturated rings. The molecule has 0 amide bonds. The van der Waals surface area contributed by atoms with Crippen LogP contribution in [0.1, 0.15) is 18.8 Å². The summed E-state index contributed by atoms with van der Waals surface area (Å²) in [6.45, 7) is 0.295. The lowest BCUT2D eigenvalue weighted by Gasteiger charge is -2.09. The zero-order chi connectivity index (χ0) is 15.6. The summed E-state index contributed by atoms with van der Waals surface area (Å²) in [5.41, 5.74) is 5.74. The Balaban J connectivity index is 2.19. The summed E-state index contributed by atoms with van der Waals surface area (Å²) < 4.78 is 42.2. The minimum absolute atomic E-state index is 0.0994. The van der Waals surface area contributed by atoms with Crippen molar-refractivity contribution in [1.82, 2.24) is 24.7 Å². The molecule has 1 atom stereocenters. The van der Waals surface area contributed by atoms with Gasteiger partial charge in [0.1, 0.15) is 0 Å². The lowest BCUT2D eigenvalue weighted by atomic mass is 10.3. The van der Waals surface area contributed by atoms with Gasteiger partial charge in [-0.05, 0) is 22.9 Å². The minimum Gasteiger partial charge on any atom is -0.481 e. The van der Waals surface area contributed by atoms with Crippen molar-refractivity contribution >= 4 is 15.9 Å². The fourth-order valence-corrected chi connectivity index (χ4v) is 1.74. The Bertz CT molecular complexity index is 612. The molecule has 2 N–H and O–H groups in total. The van der Waals surface area contributed by atoms with Gasteiger partial charge in [-0.25, -0.2) is 15.0 Å². The third kappa shape index (κ3) is 4.11. The molecular formula is C10H10BrF3N6O. The Kier molecular flexibility index (Phi) is 4.42. The summed E-state index contributed by atoms with van der Waals surface area (Å²) in [6, 6.07) is -0.423. The van der Waals surface area contributed by atoms with Gasteiger partial charge in [0, 0.05) is 0 Å². The van der Waals surface area contributed by atoms with Crippen molar-refractivity contribution < 1.29 is 17.9 Å². The first-order chi connectivity index (χ1) is 9.76. The van der Waals surface area contributed by atoms with E-state index in [0.717, 1.165) is 12.4 Å². The van der Waals surface area contributed by atoms with E-state index < -0.39 is 18.8 Å². The number of rotatable bonds is 4. The van der Waals surface area contributed by atoms with Crippen LogP contribution in [0.4, 0.5) is 13.2 Å². The van der Waals surface area contributed by atoms with Gasteiger partial charge in [-0.15, -0.1) is 5.10 Å². The number of hydrogen-bond acceptors (Lipinski definition) is 6. The Morgan fingerprint density at radius 3 is 2.52 bits per heavy atom. The summed E-state index contributed by atoms with van der Waals surface area (Å²) in [6.07, 6.45) is -2.18. The van der Waals surface area contributed by atoms with Crippen LogP contribution in [0.2, 0.25) is 0 Å². The maximum Gasteiger partial charge on any atom is 0.422 e. The quantitative estimate of drug-likeness (QED) is 0.886. The first-order valence-corrected chi connectivity index (χ1v) is 6.45. The van der Waals surface area contributed by atoms with E-state index in [-0.39, 0.29) is 11.7 Å². The van der Waals surface area contributed by atoms with Crippen molar-refractivity contribution in [3.63, 3.8) is 0 Å². The average Bonchev–Trinajstić information content (AvgIpc) is 2.78. The monoisotopic (exact) mass is 366 g/mol. The Morgan fingerprint density at radius 2 is 2.00 bits per heavy atom. The SMILES string of the molecule is CC(N)c1nc(Br)nn1-c1ncc(OCC(F)(F)F)cn1. The molecule has 0 radical (unpaired) electrons. The van der Waals surface area contributed by atoms with E-state index in [1.807, 2.05) is 0 Å². The zero-order valence-corrected chi connectivity index (χ0v) is 12.3. The molecule has 0 saturated carbocycles. The van der Waals surface area contributed by atoms with Gasteiger partial charge in [0.2, 0.25) is 4.73 Å². The lowest BCUT2D eigenvalue weighted by Crippen LogP contribution is -2.19. The predicted molar refractivity (Wildman–Crippen MR) is 68.8 cm³/mol. The van der Waals surface area contributed by atoms with Gasteiger partial charge in [0.15, 0.2) is 18.2 Å². The highest BCUT2D eigenvalue weighted by molar-refractivity contribution is 9.10. The van der Waals surface area contributed by atoms with E-state index >= 15 is 0 Å². The molecule has 0 aliphatic heterocycles. The van der Waals surface area contributed by atoms with Gasteiger partial charge in [-0.1, -0.05) is 0 Å². The molecule has 0 bridgehead atoms. The molecule has 0 saturated heterocycles. The van der Waals surface area contributed by atoms with Crippen LogP contribution in [-0.4, -0.2) is 37.5 Å². The summed E-state index contributed by atoms with van der Waals surface area (Å²) >= 11 is 3.11. The number of nitrogens with zero attached hydrogens (tertiary/aromatic N) is 5. The summed E-state index contributed by atoms with van der Waals surface area (Å²) in [4.78, 5) is 11.8. The van der Waals surface area contributed by atoms with Crippen molar-refractivity contribution in [3.05, 3.63) is 23.0 Å². The number of ether oxygens (including phenoxy) is 1. The second kappa shape index (κ2) is 5.93. The highest BCUT2D eigenvalue weighted by Crippen LogP contribution is 2.18. The van der Waals surface area contributed by atoms with Crippen molar-refractivity contribution in [3.8, 4) is 11.7 Å². The van der Waals surface area contributed by atoms with E-state index in [1.165, 1.54) is 4.68 Å². The van der Waals surface area contributed by atoms with Gasteiger partial charge in [0.05, 0.1) is 18.4 Å². The number of nitrogens with two attached hydrogens (primary N) is 1. The molecule has 21 heavy (non-hydrogen) atoms. The number of hydrogen-bond donors (Lipinski definition) is 1. The molecule has 0 spiro atoms. The van der Waals surface area contributed by atoms with Crippen LogP contribution in [0, 0.1) is 0 Å². The van der Waals surface area contributed by atoms with Gasteiger partial charge in [0.25, 0.3) is 5.95 Å². The molecule has 2 rings (SSSR count). The third-order valence-corrected chi connectivity index (χ3v) is 2.56. The first kappa shape index (κ1) is 15.6. The van der Waals surface area contributed by atoms with Crippen LogP contribution in [0.5, 0.6) is 5.75 Å². The Labute approximate surface area is 125 Å². The summed E-state index contributed by atoms with van der Waals surface area (Å²) in [5.74, 6) is 0.434. The Morgan fingerprint density at radius 1 is 1.38 bits per heavy atom.